The molecule has 3 nitrogen and oxygen atoms in total. The highest BCUT2D eigenvalue weighted by Gasteiger charge is 2.16. The molecule has 0 saturated heterocycles. The molecule has 3 heteroatoms. The molecule has 0 aliphatic rings. The van der Waals surface area contributed by atoms with E-state index in [2.05, 4.69) is 25.7 Å². The van der Waals surface area contributed by atoms with Gasteiger partial charge in [-0.15, -0.1) is 0 Å². The van der Waals surface area contributed by atoms with Crippen molar-refractivity contribution < 1.29 is 9.90 Å². The quantitative estimate of drug-likeness (QED) is 0.105. The molecule has 1 unspecified atom stereocenters. The number of hydrogen-bond acceptors (Lipinski definition) is 2. The Kier molecular flexibility index (Phi) is 27.6. The third kappa shape index (κ3) is 26.3. The van der Waals surface area contributed by atoms with Crippen molar-refractivity contribution in [2.75, 3.05) is 13.1 Å². The van der Waals surface area contributed by atoms with E-state index in [4.69, 9.17) is 0 Å². The smallest absolute Gasteiger partial charge is 0.304 e. The number of carboxylic acid groups (broad SMARTS) is 1. The summed E-state index contributed by atoms with van der Waals surface area (Å²) >= 11 is 0. The fourth-order valence-electron chi connectivity index (χ4n) is 5.25. The van der Waals surface area contributed by atoms with Gasteiger partial charge in [-0.2, -0.15) is 0 Å². The highest BCUT2D eigenvalue weighted by Crippen LogP contribution is 2.15. The number of rotatable bonds is 29. The minimum atomic E-state index is -0.660. The van der Waals surface area contributed by atoms with Crippen LogP contribution in [0.1, 0.15) is 181 Å². The number of aliphatic carboxylic acids is 1. The van der Waals surface area contributed by atoms with Crippen molar-refractivity contribution in [3.63, 3.8) is 0 Å². The number of carbonyl (C=O) groups is 1. The lowest BCUT2D eigenvalue weighted by Gasteiger charge is -2.28. The molecule has 210 valence electrons. The van der Waals surface area contributed by atoms with E-state index in [0.29, 0.717) is 0 Å². The Morgan fingerprint density at radius 1 is 0.514 bits per heavy atom. The van der Waals surface area contributed by atoms with Crippen LogP contribution in [-0.4, -0.2) is 35.1 Å². The van der Waals surface area contributed by atoms with E-state index in [1.54, 1.807) is 0 Å². The van der Waals surface area contributed by atoms with E-state index < -0.39 is 5.97 Å². The number of nitrogens with zero attached hydrogens (tertiary/aromatic N) is 1. The third-order valence-electron chi connectivity index (χ3n) is 7.69. The van der Waals surface area contributed by atoms with Crippen LogP contribution in [0.3, 0.4) is 0 Å². The first-order chi connectivity index (χ1) is 17.1. The van der Waals surface area contributed by atoms with Crippen LogP contribution in [0.2, 0.25) is 0 Å². The Morgan fingerprint density at radius 2 is 0.771 bits per heavy atom. The summed E-state index contributed by atoms with van der Waals surface area (Å²) in [6.07, 6.45) is 33.2. The van der Waals surface area contributed by atoms with E-state index in [9.17, 15) is 9.90 Å². The summed E-state index contributed by atoms with van der Waals surface area (Å²) in [6, 6.07) is 0.160. The fourth-order valence-corrected chi connectivity index (χ4v) is 5.25. The summed E-state index contributed by atoms with van der Waals surface area (Å²) in [5.41, 5.74) is 0. The van der Waals surface area contributed by atoms with Crippen molar-refractivity contribution in [1.29, 1.82) is 0 Å². The van der Waals surface area contributed by atoms with Crippen molar-refractivity contribution >= 4 is 5.97 Å². The Bertz CT molecular complexity index is 398. The van der Waals surface area contributed by atoms with Crippen LogP contribution in [0.5, 0.6) is 0 Å². The number of unbranched alkanes of at least 4 members (excludes halogenated alkanes) is 22. The van der Waals surface area contributed by atoms with Gasteiger partial charge in [-0.25, -0.2) is 0 Å². The van der Waals surface area contributed by atoms with Gasteiger partial charge in [0.15, 0.2) is 0 Å². The molecule has 0 saturated carbocycles. The van der Waals surface area contributed by atoms with Gasteiger partial charge in [0.05, 0.1) is 6.42 Å². The monoisotopic (exact) mass is 496 g/mol. The molecule has 0 spiro atoms. The zero-order chi connectivity index (χ0) is 25.8. The van der Waals surface area contributed by atoms with Gasteiger partial charge in [-0.1, -0.05) is 155 Å². The highest BCUT2D eigenvalue weighted by molar-refractivity contribution is 5.67. The van der Waals surface area contributed by atoms with Crippen molar-refractivity contribution in [1.82, 2.24) is 4.90 Å². The van der Waals surface area contributed by atoms with Crippen LogP contribution in [0, 0.1) is 0 Å². The zero-order valence-electron chi connectivity index (χ0n) is 24.5. The first kappa shape index (κ1) is 34.4. The van der Waals surface area contributed by atoms with E-state index >= 15 is 0 Å². The summed E-state index contributed by atoms with van der Waals surface area (Å²) in [6.45, 7) is 8.82. The highest BCUT2D eigenvalue weighted by atomic mass is 16.4. The molecular weight excluding hydrogens is 430 g/mol. The predicted octanol–water partition coefficient (Wildman–Crippen LogP) is 10.6. The van der Waals surface area contributed by atoms with Gasteiger partial charge in [-0.05, 0) is 32.9 Å². The molecule has 0 aromatic carbocycles. The maximum atomic E-state index is 11.2. The summed E-state index contributed by atoms with van der Waals surface area (Å²) in [5.74, 6) is -0.660. The van der Waals surface area contributed by atoms with Crippen LogP contribution in [0.4, 0.5) is 0 Å². The van der Waals surface area contributed by atoms with E-state index in [0.717, 1.165) is 13.1 Å². The fraction of sp³-hybridized carbons (Fsp3) is 0.969. The number of hydrogen-bond donors (Lipinski definition) is 1. The summed E-state index contributed by atoms with van der Waals surface area (Å²) in [4.78, 5) is 13.7. The van der Waals surface area contributed by atoms with E-state index in [-0.39, 0.29) is 12.5 Å². The van der Waals surface area contributed by atoms with Crippen molar-refractivity contribution in [2.45, 2.75) is 187 Å². The second-order valence-electron chi connectivity index (χ2n) is 11.3. The molecule has 0 rings (SSSR count). The van der Waals surface area contributed by atoms with Crippen molar-refractivity contribution in [3.8, 4) is 0 Å². The average molecular weight is 496 g/mol. The second-order valence-corrected chi connectivity index (χ2v) is 11.3. The summed E-state index contributed by atoms with van der Waals surface area (Å²) < 4.78 is 0. The zero-order valence-corrected chi connectivity index (χ0v) is 24.5. The van der Waals surface area contributed by atoms with Crippen LogP contribution < -0.4 is 0 Å². The SMILES string of the molecule is CCCCCCCCCCCCCCN(CCCCCCCCCCCCCC)C(C)CC(=O)O. The molecule has 0 heterocycles. The van der Waals surface area contributed by atoms with Crippen molar-refractivity contribution in [3.05, 3.63) is 0 Å². The van der Waals surface area contributed by atoms with Crippen molar-refractivity contribution in [2.24, 2.45) is 0 Å². The Balaban J connectivity index is 3.77. The topological polar surface area (TPSA) is 40.5 Å². The lowest BCUT2D eigenvalue weighted by molar-refractivity contribution is -0.138. The second kappa shape index (κ2) is 28.0. The molecule has 0 fully saturated rings. The lowest BCUT2D eigenvalue weighted by Crippen LogP contribution is -2.36. The molecule has 1 N–H and O–H groups in total. The van der Waals surface area contributed by atoms with Gasteiger partial charge in [0.1, 0.15) is 0 Å². The first-order valence-corrected chi connectivity index (χ1v) is 16.1. The largest absolute Gasteiger partial charge is 0.481 e. The van der Waals surface area contributed by atoms with Gasteiger partial charge in [0.25, 0.3) is 0 Å². The van der Waals surface area contributed by atoms with Gasteiger partial charge >= 0.3 is 5.97 Å². The molecule has 1 atom stereocenters. The first-order valence-electron chi connectivity index (χ1n) is 16.1. The molecule has 0 aromatic heterocycles. The average Bonchev–Trinajstić information content (AvgIpc) is 2.83. The summed E-state index contributed by atoms with van der Waals surface area (Å²) in [5, 5.41) is 9.25. The maximum absolute atomic E-state index is 11.2. The van der Waals surface area contributed by atoms with Crippen LogP contribution in [0.25, 0.3) is 0 Å². The van der Waals surface area contributed by atoms with Gasteiger partial charge in [0.2, 0.25) is 0 Å². The Hall–Kier alpha value is -0.570. The normalized spacial score (nSPS) is 12.5. The Morgan fingerprint density at radius 3 is 1.03 bits per heavy atom. The molecule has 0 aromatic rings. The molecule has 0 bridgehead atoms. The molecule has 0 aliphatic carbocycles. The molecule has 0 aliphatic heterocycles. The van der Waals surface area contributed by atoms with Crippen LogP contribution >= 0.6 is 0 Å². The molecule has 0 radical (unpaired) electrons. The third-order valence-corrected chi connectivity index (χ3v) is 7.69. The van der Waals surface area contributed by atoms with Gasteiger partial charge < -0.3 is 10.0 Å². The molecule has 35 heavy (non-hydrogen) atoms. The minimum Gasteiger partial charge on any atom is -0.481 e. The van der Waals surface area contributed by atoms with Crippen LogP contribution in [0.15, 0.2) is 0 Å². The maximum Gasteiger partial charge on any atom is 0.304 e. The van der Waals surface area contributed by atoms with E-state index in [1.165, 1.54) is 154 Å². The van der Waals surface area contributed by atoms with Gasteiger partial charge in [0, 0.05) is 6.04 Å². The van der Waals surface area contributed by atoms with E-state index in [1.807, 2.05) is 0 Å². The number of carboxylic acids is 1. The predicted molar refractivity (Wildman–Crippen MR) is 155 cm³/mol. The lowest BCUT2D eigenvalue weighted by atomic mass is 10.0. The standard InChI is InChI=1S/C32H65NO2/c1-4-6-8-10-12-14-16-18-20-22-24-26-28-33(31(3)30-32(34)35)29-27-25-23-21-19-17-15-13-11-9-7-5-2/h31H,4-30H2,1-3H3,(H,34,35). The summed E-state index contributed by atoms with van der Waals surface area (Å²) in [7, 11) is 0. The van der Waals surface area contributed by atoms with Crippen LogP contribution in [-0.2, 0) is 4.79 Å². The Labute approximate surface area is 221 Å². The minimum absolute atomic E-state index is 0.160. The molecule has 0 amide bonds. The molecular formula is C32H65NO2. The van der Waals surface area contributed by atoms with Gasteiger partial charge in [-0.3, -0.25) is 4.79 Å².